The highest BCUT2D eigenvalue weighted by Crippen LogP contribution is 2.40. The molecular formula is C30H29NO5. The maximum atomic E-state index is 13.5. The van der Waals surface area contributed by atoms with Crippen LogP contribution in [0.4, 0.5) is 0 Å². The average Bonchev–Trinajstić information content (AvgIpc) is 3.29. The van der Waals surface area contributed by atoms with E-state index in [1.54, 1.807) is 17.0 Å². The van der Waals surface area contributed by atoms with Crippen molar-refractivity contribution < 1.29 is 23.5 Å². The number of fused-ring (bicyclic) bond motifs is 2. The molecule has 1 amide bonds. The molecule has 0 unspecified atom stereocenters. The number of aryl methyl sites for hydroxylation is 1. The van der Waals surface area contributed by atoms with E-state index < -0.39 is 0 Å². The molecule has 1 aliphatic rings. The van der Waals surface area contributed by atoms with Crippen molar-refractivity contribution in [2.75, 3.05) is 26.3 Å². The van der Waals surface area contributed by atoms with E-state index in [9.17, 15) is 9.59 Å². The van der Waals surface area contributed by atoms with E-state index in [4.69, 9.17) is 13.9 Å². The van der Waals surface area contributed by atoms with Gasteiger partial charge < -0.3 is 18.8 Å². The van der Waals surface area contributed by atoms with E-state index in [1.165, 1.54) is 0 Å². The van der Waals surface area contributed by atoms with Crippen LogP contribution in [0, 0.1) is 0 Å². The summed E-state index contributed by atoms with van der Waals surface area (Å²) < 4.78 is 17.8. The first-order chi connectivity index (χ1) is 17.6. The largest absolute Gasteiger partial charge is 0.493 e. The van der Waals surface area contributed by atoms with Crippen molar-refractivity contribution in [1.29, 1.82) is 0 Å². The Morgan fingerprint density at radius 3 is 2.44 bits per heavy atom. The van der Waals surface area contributed by atoms with Gasteiger partial charge in [-0.25, -0.2) is 0 Å². The second kappa shape index (κ2) is 10.3. The normalized spacial score (nSPS) is 12.6. The van der Waals surface area contributed by atoms with Gasteiger partial charge in [-0.15, -0.1) is 0 Å². The molecule has 4 aromatic rings. The molecule has 3 aromatic carbocycles. The first-order valence-corrected chi connectivity index (χ1v) is 12.4. The van der Waals surface area contributed by atoms with Gasteiger partial charge in [0.25, 0.3) is 5.91 Å². The number of hydrogen-bond donors (Lipinski definition) is 0. The maximum absolute atomic E-state index is 13.5. The van der Waals surface area contributed by atoms with Crippen molar-refractivity contribution in [2.24, 2.45) is 0 Å². The van der Waals surface area contributed by atoms with Crippen LogP contribution in [0.25, 0.3) is 22.1 Å². The van der Waals surface area contributed by atoms with Crippen LogP contribution in [0.3, 0.4) is 0 Å². The number of nitrogens with zero attached hydrogens (tertiary/aromatic N) is 1. The SMILES string of the molecule is CCN(CC)C(=O)COc1ccc(-c2c(C(=O)c3ccccc3)oc3cc4c(cc23)CCCO4)cc1. The van der Waals surface area contributed by atoms with Crippen molar-refractivity contribution in [3.8, 4) is 22.6 Å². The first-order valence-electron chi connectivity index (χ1n) is 12.4. The van der Waals surface area contributed by atoms with Gasteiger partial charge in [-0.3, -0.25) is 9.59 Å². The molecule has 0 aliphatic carbocycles. The molecule has 36 heavy (non-hydrogen) atoms. The summed E-state index contributed by atoms with van der Waals surface area (Å²) in [6.45, 7) is 5.86. The molecule has 1 aliphatic heterocycles. The van der Waals surface area contributed by atoms with Crippen LogP contribution in [-0.4, -0.2) is 42.9 Å². The standard InChI is InChI=1S/C30H29NO5/c1-3-31(4-2)27(32)19-35-23-14-12-20(13-15-23)28-24-17-22-11-8-16-34-25(22)18-26(24)36-30(28)29(33)21-9-6-5-7-10-21/h5-7,9-10,12-15,17-18H,3-4,8,11,16,19H2,1-2H3. The highest BCUT2D eigenvalue weighted by Gasteiger charge is 2.25. The third kappa shape index (κ3) is 4.59. The fourth-order valence-corrected chi connectivity index (χ4v) is 4.64. The Kier molecular flexibility index (Phi) is 6.76. The topological polar surface area (TPSA) is 69.0 Å². The van der Waals surface area contributed by atoms with Gasteiger partial charge in [-0.1, -0.05) is 42.5 Å². The number of rotatable bonds is 8. The van der Waals surface area contributed by atoms with Crippen LogP contribution in [0.2, 0.25) is 0 Å². The lowest BCUT2D eigenvalue weighted by Gasteiger charge is -2.18. The molecule has 0 atom stereocenters. The van der Waals surface area contributed by atoms with Gasteiger partial charge in [0.05, 0.1) is 6.61 Å². The third-order valence-electron chi connectivity index (χ3n) is 6.58. The predicted molar refractivity (Wildman–Crippen MR) is 139 cm³/mol. The molecular weight excluding hydrogens is 454 g/mol. The van der Waals surface area contributed by atoms with E-state index >= 15 is 0 Å². The third-order valence-corrected chi connectivity index (χ3v) is 6.58. The fourth-order valence-electron chi connectivity index (χ4n) is 4.64. The van der Waals surface area contributed by atoms with E-state index in [1.807, 2.05) is 62.4 Å². The van der Waals surface area contributed by atoms with Gasteiger partial charge >= 0.3 is 0 Å². The van der Waals surface area contributed by atoms with Gasteiger partial charge in [-0.2, -0.15) is 0 Å². The number of ketones is 1. The number of amides is 1. The monoisotopic (exact) mass is 483 g/mol. The van der Waals surface area contributed by atoms with Crippen LogP contribution in [0.15, 0.2) is 71.1 Å². The molecule has 0 bridgehead atoms. The number of benzene rings is 3. The molecule has 0 N–H and O–H groups in total. The Morgan fingerprint density at radius 1 is 0.972 bits per heavy atom. The molecule has 6 heteroatoms. The van der Waals surface area contributed by atoms with Crippen molar-refractivity contribution in [2.45, 2.75) is 26.7 Å². The summed E-state index contributed by atoms with van der Waals surface area (Å²) in [6.07, 6.45) is 1.88. The van der Waals surface area contributed by atoms with E-state index in [0.29, 0.717) is 42.4 Å². The maximum Gasteiger partial charge on any atom is 0.260 e. The Labute approximate surface area is 210 Å². The minimum absolute atomic E-state index is 0.0143. The zero-order valence-electron chi connectivity index (χ0n) is 20.6. The molecule has 0 spiro atoms. The molecule has 0 radical (unpaired) electrons. The average molecular weight is 484 g/mol. The number of ether oxygens (including phenoxy) is 2. The summed E-state index contributed by atoms with van der Waals surface area (Å²) >= 11 is 0. The second-order valence-corrected chi connectivity index (χ2v) is 8.79. The summed E-state index contributed by atoms with van der Waals surface area (Å²) in [6, 6.07) is 20.6. The number of carbonyl (C=O) groups excluding carboxylic acids is 2. The number of furan rings is 1. The van der Waals surface area contributed by atoms with Crippen LogP contribution >= 0.6 is 0 Å². The first kappa shape index (κ1) is 23.7. The van der Waals surface area contributed by atoms with Gasteiger partial charge in [0.1, 0.15) is 17.1 Å². The molecule has 184 valence electrons. The summed E-state index contributed by atoms with van der Waals surface area (Å²) in [5, 5.41) is 0.879. The van der Waals surface area contributed by atoms with Gasteiger partial charge in [0.2, 0.25) is 5.78 Å². The van der Waals surface area contributed by atoms with Crippen LogP contribution in [-0.2, 0) is 11.2 Å². The number of likely N-dealkylation sites (N-methyl/N-ethyl adjacent to an activating group) is 1. The Morgan fingerprint density at radius 2 is 1.72 bits per heavy atom. The lowest BCUT2D eigenvalue weighted by Crippen LogP contribution is -2.34. The quantitative estimate of drug-likeness (QED) is 0.292. The molecule has 1 aromatic heterocycles. The number of carbonyl (C=O) groups is 2. The summed E-state index contributed by atoms with van der Waals surface area (Å²) in [4.78, 5) is 27.5. The molecule has 6 nitrogen and oxygen atoms in total. The van der Waals surface area contributed by atoms with E-state index in [0.717, 1.165) is 40.7 Å². The van der Waals surface area contributed by atoms with Crippen molar-refractivity contribution in [3.63, 3.8) is 0 Å². The summed E-state index contributed by atoms with van der Waals surface area (Å²) in [7, 11) is 0. The van der Waals surface area contributed by atoms with Crippen LogP contribution in [0.5, 0.6) is 11.5 Å². The highest BCUT2D eigenvalue weighted by molar-refractivity contribution is 6.15. The minimum Gasteiger partial charge on any atom is -0.493 e. The molecule has 0 saturated carbocycles. The van der Waals surface area contributed by atoms with Crippen molar-refractivity contribution in [1.82, 2.24) is 4.90 Å². The summed E-state index contributed by atoms with van der Waals surface area (Å²) in [5.74, 6) is 1.48. The van der Waals surface area contributed by atoms with E-state index in [2.05, 4.69) is 6.07 Å². The highest BCUT2D eigenvalue weighted by atomic mass is 16.5. The zero-order valence-corrected chi connectivity index (χ0v) is 20.6. The van der Waals surface area contributed by atoms with Gasteiger partial charge in [0.15, 0.2) is 12.4 Å². The predicted octanol–water partition coefficient (Wildman–Crippen LogP) is 5.90. The van der Waals surface area contributed by atoms with Gasteiger partial charge in [-0.05, 0) is 56.0 Å². The zero-order chi connectivity index (χ0) is 25.1. The molecule has 5 rings (SSSR count). The Balaban J connectivity index is 1.52. The van der Waals surface area contributed by atoms with Crippen LogP contribution in [0.1, 0.15) is 41.9 Å². The Hall–Kier alpha value is -4.06. The summed E-state index contributed by atoms with van der Waals surface area (Å²) in [5.41, 5.74) is 3.89. The van der Waals surface area contributed by atoms with Crippen molar-refractivity contribution in [3.05, 3.63) is 83.6 Å². The van der Waals surface area contributed by atoms with E-state index in [-0.39, 0.29) is 18.3 Å². The van der Waals surface area contributed by atoms with Gasteiger partial charge in [0, 0.05) is 35.7 Å². The minimum atomic E-state index is -0.175. The smallest absolute Gasteiger partial charge is 0.260 e. The lowest BCUT2D eigenvalue weighted by molar-refractivity contribution is -0.132. The lowest BCUT2D eigenvalue weighted by atomic mass is 9.95. The molecule has 0 fully saturated rings. The second-order valence-electron chi connectivity index (χ2n) is 8.79. The fraction of sp³-hybridized carbons (Fsp3) is 0.267. The molecule has 2 heterocycles. The van der Waals surface area contributed by atoms with Crippen LogP contribution < -0.4 is 9.47 Å². The number of hydrogen-bond acceptors (Lipinski definition) is 5. The van der Waals surface area contributed by atoms with Crippen molar-refractivity contribution >= 4 is 22.7 Å². The Bertz CT molecular complexity index is 1380. The molecule has 0 saturated heterocycles.